The number of ether oxygens (including phenoxy) is 1. The predicted octanol–water partition coefficient (Wildman–Crippen LogP) is 2.24. The van der Waals surface area contributed by atoms with Crippen molar-refractivity contribution in [3.05, 3.63) is 23.7 Å². The molecule has 1 aliphatic heterocycles. The van der Waals surface area contributed by atoms with Crippen LogP contribution in [-0.4, -0.2) is 12.7 Å². The van der Waals surface area contributed by atoms with Gasteiger partial charge in [-0.3, -0.25) is 0 Å². The Morgan fingerprint density at radius 2 is 1.38 bits per heavy atom. The van der Waals surface area contributed by atoms with E-state index >= 15 is 0 Å². The van der Waals surface area contributed by atoms with Gasteiger partial charge >= 0.3 is 12.0 Å². The van der Waals surface area contributed by atoms with Gasteiger partial charge in [-0.05, 0) is 6.92 Å². The van der Waals surface area contributed by atoms with E-state index in [0.29, 0.717) is 6.10 Å². The average molecular weight is 198 g/mol. The fourth-order valence-electron chi connectivity index (χ4n) is 0.437. The van der Waals surface area contributed by atoms with Gasteiger partial charge in [-0.15, -0.1) is 0 Å². The summed E-state index contributed by atoms with van der Waals surface area (Å²) in [4.78, 5) is 0. The molecule has 1 aliphatic rings. The molecule has 2 rings (SSSR count). The van der Waals surface area contributed by atoms with Gasteiger partial charge in [0.2, 0.25) is 11.6 Å². The van der Waals surface area contributed by atoms with E-state index in [-0.39, 0.29) is 0 Å². The van der Waals surface area contributed by atoms with Crippen molar-refractivity contribution in [3.63, 3.8) is 0 Å². The zero-order valence-electron chi connectivity index (χ0n) is 6.61. The van der Waals surface area contributed by atoms with Crippen LogP contribution >= 0.6 is 0 Å². The van der Waals surface area contributed by atoms with E-state index in [2.05, 4.69) is 11.3 Å². The summed E-state index contributed by atoms with van der Waals surface area (Å²) in [5.74, 6) is -3.85. The van der Waals surface area contributed by atoms with Crippen LogP contribution in [-0.2, 0) is 4.74 Å². The molecule has 2 nitrogen and oxygen atoms in total. The Kier molecular flexibility index (Phi) is 2.92. The van der Waals surface area contributed by atoms with E-state index in [1.54, 1.807) is 0 Å². The molecule has 0 saturated carbocycles. The second-order valence-electron chi connectivity index (χ2n) is 2.42. The molecule has 0 spiro atoms. The minimum absolute atomic E-state index is 0.583. The Hall–Kier alpha value is -1.04. The van der Waals surface area contributed by atoms with Gasteiger partial charge in [0.05, 0.1) is 12.7 Å². The SMILES string of the molecule is CC1CO1.Fc1oc(F)c(F)c1F. The van der Waals surface area contributed by atoms with Gasteiger partial charge in [0, 0.05) is 0 Å². The summed E-state index contributed by atoms with van der Waals surface area (Å²) in [5.41, 5.74) is 0. The van der Waals surface area contributed by atoms with E-state index < -0.39 is 23.7 Å². The topological polar surface area (TPSA) is 25.7 Å². The minimum atomic E-state index is -1.92. The smallest absolute Gasteiger partial charge is 0.319 e. The van der Waals surface area contributed by atoms with Crippen LogP contribution in [0.5, 0.6) is 0 Å². The van der Waals surface area contributed by atoms with Gasteiger partial charge in [-0.25, -0.2) is 0 Å². The van der Waals surface area contributed by atoms with E-state index in [1.165, 1.54) is 0 Å². The Morgan fingerprint density at radius 3 is 1.46 bits per heavy atom. The number of hydrogen-bond acceptors (Lipinski definition) is 2. The van der Waals surface area contributed by atoms with Crippen LogP contribution in [0.3, 0.4) is 0 Å². The molecule has 1 fully saturated rings. The van der Waals surface area contributed by atoms with Crippen LogP contribution in [0.15, 0.2) is 4.42 Å². The first kappa shape index (κ1) is 10.0. The third-order valence-corrected chi connectivity index (χ3v) is 1.22. The molecular formula is C7H6F4O2. The van der Waals surface area contributed by atoms with Gasteiger partial charge in [-0.1, -0.05) is 0 Å². The summed E-state index contributed by atoms with van der Waals surface area (Å²) in [6, 6.07) is -3.74. The molecular weight excluding hydrogens is 192 g/mol. The summed E-state index contributed by atoms with van der Waals surface area (Å²) in [7, 11) is 0. The first-order valence-electron chi connectivity index (χ1n) is 3.42. The zero-order valence-corrected chi connectivity index (χ0v) is 6.61. The highest BCUT2D eigenvalue weighted by Crippen LogP contribution is 2.15. The second kappa shape index (κ2) is 3.78. The van der Waals surface area contributed by atoms with Crippen molar-refractivity contribution in [3.8, 4) is 0 Å². The van der Waals surface area contributed by atoms with E-state index in [0.717, 1.165) is 6.61 Å². The van der Waals surface area contributed by atoms with Crippen molar-refractivity contribution in [2.24, 2.45) is 0 Å². The van der Waals surface area contributed by atoms with Crippen molar-refractivity contribution < 1.29 is 26.7 Å². The highest BCUT2D eigenvalue weighted by Gasteiger charge is 2.19. The Balaban J connectivity index is 0.000000175. The lowest BCUT2D eigenvalue weighted by Gasteiger charge is -1.71. The first-order valence-corrected chi connectivity index (χ1v) is 3.42. The Bertz CT molecular complexity index is 270. The molecule has 1 aromatic heterocycles. The molecule has 1 saturated heterocycles. The minimum Gasteiger partial charge on any atom is -0.399 e. The summed E-state index contributed by atoms with van der Waals surface area (Å²) < 4.78 is 54.5. The highest BCUT2D eigenvalue weighted by atomic mass is 19.2. The molecule has 0 aromatic carbocycles. The molecule has 1 aromatic rings. The van der Waals surface area contributed by atoms with Crippen molar-refractivity contribution >= 4 is 0 Å². The molecule has 6 heteroatoms. The summed E-state index contributed by atoms with van der Waals surface area (Å²) in [6.07, 6.45) is 0.583. The zero-order chi connectivity index (χ0) is 10.0. The van der Waals surface area contributed by atoms with Crippen LogP contribution in [0.4, 0.5) is 17.6 Å². The van der Waals surface area contributed by atoms with Crippen LogP contribution in [0.1, 0.15) is 6.92 Å². The number of rotatable bonds is 0. The lowest BCUT2D eigenvalue weighted by atomic mass is 10.6. The monoisotopic (exact) mass is 198 g/mol. The van der Waals surface area contributed by atoms with Gasteiger partial charge < -0.3 is 9.15 Å². The van der Waals surface area contributed by atoms with E-state index in [1.807, 2.05) is 0 Å². The average Bonchev–Trinajstić information content (AvgIpc) is 2.81. The summed E-state index contributed by atoms with van der Waals surface area (Å²) in [5, 5.41) is 0. The Labute approximate surface area is 71.1 Å². The van der Waals surface area contributed by atoms with E-state index in [9.17, 15) is 17.6 Å². The van der Waals surface area contributed by atoms with Crippen LogP contribution in [0.2, 0.25) is 0 Å². The maximum absolute atomic E-state index is 11.7. The van der Waals surface area contributed by atoms with Crippen LogP contribution in [0.25, 0.3) is 0 Å². The molecule has 1 unspecified atom stereocenters. The number of halogens is 4. The maximum Gasteiger partial charge on any atom is 0.319 e. The van der Waals surface area contributed by atoms with Crippen molar-refractivity contribution in [1.29, 1.82) is 0 Å². The number of furan rings is 1. The highest BCUT2D eigenvalue weighted by molar-refractivity contribution is 4.95. The summed E-state index contributed by atoms with van der Waals surface area (Å²) in [6.45, 7) is 3.04. The van der Waals surface area contributed by atoms with Crippen LogP contribution in [0, 0.1) is 23.7 Å². The van der Waals surface area contributed by atoms with Gasteiger partial charge in [0.25, 0.3) is 0 Å². The Morgan fingerprint density at radius 1 is 1.08 bits per heavy atom. The molecule has 0 radical (unpaired) electrons. The lowest BCUT2D eigenvalue weighted by Crippen LogP contribution is -1.78. The molecule has 0 aliphatic carbocycles. The van der Waals surface area contributed by atoms with E-state index in [4.69, 9.17) is 4.74 Å². The molecule has 0 amide bonds. The fourth-order valence-corrected chi connectivity index (χ4v) is 0.437. The van der Waals surface area contributed by atoms with Gasteiger partial charge in [0.1, 0.15) is 0 Å². The van der Waals surface area contributed by atoms with Gasteiger partial charge in [0.15, 0.2) is 0 Å². The quantitative estimate of drug-likeness (QED) is 0.472. The maximum atomic E-state index is 11.7. The molecule has 1 atom stereocenters. The lowest BCUT2D eigenvalue weighted by molar-refractivity contribution is 0.248. The summed E-state index contributed by atoms with van der Waals surface area (Å²) >= 11 is 0. The molecule has 0 N–H and O–H groups in total. The molecule has 13 heavy (non-hydrogen) atoms. The largest absolute Gasteiger partial charge is 0.399 e. The van der Waals surface area contributed by atoms with Crippen molar-refractivity contribution in [1.82, 2.24) is 0 Å². The predicted molar refractivity (Wildman–Crippen MR) is 34.0 cm³/mol. The fraction of sp³-hybridized carbons (Fsp3) is 0.429. The molecule has 74 valence electrons. The van der Waals surface area contributed by atoms with Crippen molar-refractivity contribution in [2.75, 3.05) is 6.61 Å². The third kappa shape index (κ3) is 2.73. The number of epoxide rings is 1. The first-order chi connectivity index (χ1) is 6.02. The standard InChI is InChI=1S/C4F4O.C3H6O/c5-1-2(6)4(8)9-3(1)7;1-3-2-4-3/h;3H,2H2,1H3. The van der Waals surface area contributed by atoms with Crippen molar-refractivity contribution in [2.45, 2.75) is 13.0 Å². The number of hydrogen-bond donors (Lipinski definition) is 0. The molecule has 2 heterocycles. The second-order valence-corrected chi connectivity index (χ2v) is 2.42. The van der Waals surface area contributed by atoms with Gasteiger partial charge in [-0.2, -0.15) is 17.6 Å². The molecule has 0 bridgehead atoms. The normalized spacial score (nSPS) is 19.3. The third-order valence-electron chi connectivity index (χ3n) is 1.22. The van der Waals surface area contributed by atoms with Crippen LogP contribution < -0.4 is 0 Å².